The van der Waals surface area contributed by atoms with Crippen molar-refractivity contribution in [3.63, 3.8) is 0 Å². The predicted octanol–water partition coefficient (Wildman–Crippen LogP) is 1.45. The molecule has 2 rings (SSSR count). The summed E-state index contributed by atoms with van der Waals surface area (Å²) >= 11 is 0. The van der Waals surface area contributed by atoms with Crippen molar-refractivity contribution in [2.24, 2.45) is 5.10 Å². The molecular formula is C22H31N5O4. The van der Waals surface area contributed by atoms with Gasteiger partial charge in [0.15, 0.2) is 5.69 Å². The quantitative estimate of drug-likeness (QED) is 0.402. The standard InChI is InChI=1S/C22H31N5O4/c1-14(7-12-28)17(4)24-25(6)21(30)18(5)26-8-10-27(11-9-26)22(31)19-20(29)16(3)15(2)13-23-19/h7,13,28-29H,5,8-12H2,1-4,6H3/b14-7+,24-17+. The summed E-state index contributed by atoms with van der Waals surface area (Å²) in [5.41, 5.74) is 3.19. The molecular weight excluding hydrogens is 398 g/mol. The topological polar surface area (TPSA) is 110 Å². The molecule has 2 amide bonds. The van der Waals surface area contributed by atoms with Crippen LogP contribution in [0.2, 0.25) is 0 Å². The molecule has 1 saturated heterocycles. The monoisotopic (exact) mass is 429 g/mol. The van der Waals surface area contributed by atoms with Gasteiger partial charge in [0, 0.05) is 39.4 Å². The Morgan fingerprint density at radius 3 is 2.39 bits per heavy atom. The number of aromatic hydroxyl groups is 1. The van der Waals surface area contributed by atoms with E-state index in [-0.39, 0.29) is 29.9 Å². The predicted molar refractivity (Wildman–Crippen MR) is 119 cm³/mol. The molecule has 1 aliphatic heterocycles. The first kappa shape index (κ1) is 24.1. The Morgan fingerprint density at radius 1 is 1.23 bits per heavy atom. The number of hydrazone groups is 1. The maximum Gasteiger partial charge on any atom is 0.289 e. The molecule has 1 aliphatic rings. The molecule has 0 bridgehead atoms. The number of likely N-dealkylation sites (N-methyl/N-ethyl adjacent to an activating group) is 1. The Labute approximate surface area is 183 Å². The van der Waals surface area contributed by atoms with E-state index in [0.717, 1.165) is 11.1 Å². The van der Waals surface area contributed by atoms with Gasteiger partial charge in [-0.3, -0.25) is 9.59 Å². The van der Waals surface area contributed by atoms with Crippen LogP contribution in [0, 0.1) is 13.8 Å². The normalized spacial score (nSPS) is 15.2. The second-order valence-electron chi connectivity index (χ2n) is 7.57. The number of aliphatic hydroxyl groups is 1. The van der Waals surface area contributed by atoms with Crippen LogP contribution >= 0.6 is 0 Å². The number of aromatic nitrogens is 1. The highest BCUT2D eigenvalue weighted by Gasteiger charge is 2.28. The van der Waals surface area contributed by atoms with E-state index < -0.39 is 0 Å². The molecule has 9 nitrogen and oxygen atoms in total. The Kier molecular flexibility index (Phi) is 7.93. The van der Waals surface area contributed by atoms with Crippen LogP contribution in [0.3, 0.4) is 0 Å². The second kappa shape index (κ2) is 10.2. The summed E-state index contributed by atoms with van der Waals surface area (Å²) in [4.78, 5) is 33.0. The Bertz CT molecular complexity index is 930. The molecule has 2 N–H and O–H groups in total. The summed E-state index contributed by atoms with van der Waals surface area (Å²) in [5.74, 6) is -0.766. The molecule has 31 heavy (non-hydrogen) atoms. The summed E-state index contributed by atoms with van der Waals surface area (Å²) in [6.45, 7) is 12.6. The van der Waals surface area contributed by atoms with E-state index in [1.165, 1.54) is 5.01 Å². The van der Waals surface area contributed by atoms with Gasteiger partial charge in [0.25, 0.3) is 11.8 Å². The molecule has 2 heterocycles. The third-order valence-electron chi connectivity index (χ3n) is 5.52. The van der Waals surface area contributed by atoms with Crippen LogP contribution in [0.1, 0.15) is 35.5 Å². The highest BCUT2D eigenvalue weighted by Crippen LogP contribution is 2.24. The SMILES string of the molecule is C=C(C(=O)N(C)/N=C(C)/C(C)=C/CO)N1CCN(C(=O)c2ncc(C)c(C)c2O)CC1. The average Bonchev–Trinajstić information content (AvgIpc) is 2.76. The van der Waals surface area contributed by atoms with Crippen LogP contribution in [0.5, 0.6) is 5.75 Å². The number of piperazine rings is 1. The molecule has 0 atom stereocenters. The van der Waals surface area contributed by atoms with Crippen molar-refractivity contribution in [2.75, 3.05) is 39.8 Å². The Morgan fingerprint density at radius 2 is 1.81 bits per heavy atom. The van der Waals surface area contributed by atoms with E-state index in [2.05, 4.69) is 16.7 Å². The van der Waals surface area contributed by atoms with Gasteiger partial charge in [-0.1, -0.05) is 12.7 Å². The summed E-state index contributed by atoms with van der Waals surface area (Å²) in [5, 5.41) is 24.7. The van der Waals surface area contributed by atoms with Gasteiger partial charge in [-0.15, -0.1) is 0 Å². The van der Waals surface area contributed by atoms with Crippen LogP contribution < -0.4 is 0 Å². The smallest absolute Gasteiger partial charge is 0.289 e. The van der Waals surface area contributed by atoms with Crippen molar-refractivity contribution in [3.05, 3.63) is 46.9 Å². The number of carbonyl (C=O) groups is 2. The molecule has 0 aliphatic carbocycles. The lowest BCUT2D eigenvalue weighted by Gasteiger charge is -2.36. The van der Waals surface area contributed by atoms with Crippen molar-refractivity contribution < 1.29 is 19.8 Å². The zero-order valence-electron chi connectivity index (χ0n) is 18.8. The van der Waals surface area contributed by atoms with Crippen LogP contribution in [-0.2, 0) is 4.79 Å². The number of hydrogen-bond acceptors (Lipinski definition) is 7. The first-order chi connectivity index (χ1) is 14.6. The van der Waals surface area contributed by atoms with Gasteiger partial charge in [0.1, 0.15) is 5.75 Å². The lowest BCUT2D eigenvalue weighted by molar-refractivity contribution is -0.127. The average molecular weight is 430 g/mol. The number of pyridine rings is 1. The zero-order valence-corrected chi connectivity index (χ0v) is 18.8. The van der Waals surface area contributed by atoms with Crippen molar-refractivity contribution in [3.8, 4) is 5.75 Å². The van der Waals surface area contributed by atoms with Gasteiger partial charge < -0.3 is 20.0 Å². The number of rotatable bonds is 6. The summed E-state index contributed by atoms with van der Waals surface area (Å²) in [6, 6.07) is 0. The van der Waals surface area contributed by atoms with Gasteiger partial charge in [-0.25, -0.2) is 9.99 Å². The maximum absolute atomic E-state index is 12.8. The van der Waals surface area contributed by atoms with Gasteiger partial charge in [0.2, 0.25) is 0 Å². The van der Waals surface area contributed by atoms with Crippen LogP contribution in [0.25, 0.3) is 0 Å². The highest BCUT2D eigenvalue weighted by molar-refractivity contribution is 5.99. The molecule has 0 aromatic carbocycles. The van der Waals surface area contributed by atoms with Crippen LogP contribution in [-0.4, -0.2) is 87.4 Å². The summed E-state index contributed by atoms with van der Waals surface area (Å²) < 4.78 is 0. The number of carbonyl (C=O) groups excluding carboxylic acids is 2. The van der Waals surface area contributed by atoms with Crippen molar-refractivity contribution in [2.45, 2.75) is 27.7 Å². The van der Waals surface area contributed by atoms with E-state index in [1.54, 1.807) is 45.0 Å². The highest BCUT2D eigenvalue weighted by atomic mass is 16.3. The summed E-state index contributed by atoms with van der Waals surface area (Å²) in [7, 11) is 1.55. The number of amides is 2. The fourth-order valence-electron chi connectivity index (χ4n) is 3.13. The summed E-state index contributed by atoms with van der Waals surface area (Å²) in [6.07, 6.45) is 3.19. The number of allylic oxidation sites excluding steroid dienone is 1. The fourth-order valence-corrected chi connectivity index (χ4v) is 3.13. The first-order valence-electron chi connectivity index (χ1n) is 10.1. The molecule has 0 radical (unpaired) electrons. The lowest BCUT2D eigenvalue weighted by atomic mass is 10.1. The Balaban J connectivity index is 2.00. The zero-order chi connectivity index (χ0) is 23.3. The molecule has 1 aromatic rings. The largest absolute Gasteiger partial charge is 0.505 e. The van der Waals surface area contributed by atoms with E-state index >= 15 is 0 Å². The number of hydrogen-bond donors (Lipinski definition) is 2. The first-order valence-corrected chi connectivity index (χ1v) is 10.1. The van der Waals surface area contributed by atoms with E-state index in [4.69, 9.17) is 5.11 Å². The molecule has 0 saturated carbocycles. The third-order valence-corrected chi connectivity index (χ3v) is 5.52. The molecule has 9 heteroatoms. The van der Waals surface area contributed by atoms with Crippen molar-refractivity contribution in [1.29, 1.82) is 0 Å². The minimum Gasteiger partial charge on any atom is -0.505 e. The fraction of sp³-hybridized carbons (Fsp3) is 0.455. The minimum atomic E-state index is -0.343. The van der Waals surface area contributed by atoms with Gasteiger partial charge in [-0.05, 0) is 44.4 Å². The number of aliphatic hydroxyl groups excluding tert-OH is 1. The van der Waals surface area contributed by atoms with Crippen molar-refractivity contribution >= 4 is 17.5 Å². The third kappa shape index (κ3) is 5.49. The van der Waals surface area contributed by atoms with E-state index in [9.17, 15) is 14.7 Å². The molecule has 0 unspecified atom stereocenters. The maximum atomic E-state index is 12.8. The molecule has 168 valence electrons. The van der Waals surface area contributed by atoms with Gasteiger partial charge >= 0.3 is 0 Å². The molecule has 0 spiro atoms. The lowest BCUT2D eigenvalue weighted by Crippen LogP contribution is -2.50. The van der Waals surface area contributed by atoms with Crippen LogP contribution in [0.4, 0.5) is 0 Å². The van der Waals surface area contributed by atoms with E-state index in [0.29, 0.717) is 43.2 Å². The minimum absolute atomic E-state index is 0.0438. The Hall–Kier alpha value is -3.20. The van der Waals surface area contributed by atoms with Gasteiger partial charge in [-0.2, -0.15) is 5.10 Å². The van der Waals surface area contributed by atoms with E-state index in [1.807, 2.05) is 11.8 Å². The second-order valence-corrected chi connectivity index (χ2v) is 7.57. The van der Waals surface area contributed by atoms with Gasteiger partial charge in [0.05, 0.1) is 18.0 Å². The molecule has 1 fully saturated rings. The number of aryl methyl sites for hydroxylation is 1. The van der Waals surface area contributed by atoms with Crippen molar-refractivity contribution in [1.82, 2.24) is 19.8 Å². The molecule has 1 aromatic heterocycles. The number of nitrogens with zero attached hydrogens (tertiary/aromatic N) is 5. The van der Waals surface area contributed by atoms with Crippen LogP contribution in [0.15, 0.2) is 35.2 Å².